The van der Waals surface area contributed by atoms with Crippen molar-refractivity contribution < 1.29 is 23.5 Å². The first kappa shape index (κ1) is 24.0. The second-order valence-corrected chi connectivity index (χ2v) is 8.16. The highest BCUT2D eigenvalue weighted by Crippen LogP contribution is 2.20. The van der Waals surface area contributed by atoms with Crippen molar-refractivity contribution in [3.05, 3.63) is 84.3 Å². The van der Waals surface area contributed by atoms with Gasteiger partial charge in [-0.2, -0.15) is 0 Å². The lowest BCUT2D eigenvalue weighted by atomic mass is 10.2. The number of anilines is 2. The molecule has 1 aliphatic heterocycles. The summed E-state index contributed by atoms with van der Waals surface area (Å²) in [4.78, 5) is 40.4. The third-order valence-electron chi connectivity index (χ3n) is 5.64. The van der Waals surface area contributed by atoms with Crippen LogP contribution in [-0.4, -0.2) is 62.0 Å². The van der Waals surface area contributed by atoms with Crippen LogP contribution in [0.2, 0.25) is 0 Å². The molecule has 2 heterocycles. The molecule has 0 radical (unpaired) electrons. The summed E-state index contributed by atoms with van der Waals surface area (Å²) in [5.41, 5.74) is 3.04. The van der Waals surface area contributed by atoms with Gasteiger partial charge in [-0.25, -0.2) is 0 Å². The van der Waals surface area contributed by atoms with E-state index >= 15 is 0 Å². The number of rotatable bonds is 9. The van der Waals surface area contributed by atoms with Crippen molar-refractivity contribution in [1.29, 1.82) is 0 Å². The number of ether oxygens (including phenoxy) is 1. The highest BCUT2D eigenvalue weighted by Gasteiger charge is 2.17. The standard InChI is InChI=1S/C26H28N4O5/c31-24(19-35-25(32)17-27-26(33)23-7-4-16-34-23)28-21-8-10-22(11-9-21)30-14-12-29(13-15-30)18-20-5-2-1-3-6-20/h1-11,16H,12-15,17-19H2,(H,27,33)(H,28,31). The van der Waals surface area contributed by atoms with Gasteiger partial charge in [-0.1, -0.05) is 30.3 Å². The number of hydrogen-bond acceptors (Lipinski definition) is 7. The molecule has 0 aliphatic carbocycles. The van der Waals surface area contributed by atoms with Crippen LogP contribution in [0.4, 0.5) is 11.4 Å². The van der Waals surface area contributed by atoms with Gasteiger partial charge in [0.15, 0.2) is 12.4 Å². The van der Waals surface area contributed by atoms with Gasteiger partial charge in [-0.05, 0) is 42.0 Å². The molecule has 4 rings (SSSR count). The second-order valence-electron chi connectivity index (χ2n) is 8.16. The average molecular weight is 477 g/mol. The highest BCUT2D eigenvalue weighted by atomic mass is 16.5. The average Bonchev–Trinajstić information content (AvgIpc) is 3.43. The van der Waals surface area contributed by atoms with Crippen LogP contribution in [0.5, 0.6) is 0 Å². The Morgan fingerprint density at radius 1 is 0.886 bits per heavy atom. The van der Waals surface area contributed by atoms with Gasteiger partial charge >= 0.3 is 5.97 Å². The van der Waals surface area contributed by atoms with Crippen LogP contribution in [0.1, 0.15) is 16.1 Å². The van der Waals surface area contributed by atoms with E-state index in [1.165, 1.54) is 17.9 Å². The minimum atomic E-state index is -0.721. The first-order chi connectivity index (χ1) is 17.1. The summed E-state index contributed by atoms with van der Waals surface area (Å²) in [7, 11) is 0. The number of esters is 1. The monoisotopic (exact) mass is 476 g/mol. The first-order valence-corrected chi connectivity index (χ1v) is 11.5. The molecular formula is C26H28N4O5. The molecule has 1 saturated heterocycles. The fourth-order valence-corrected chi connectivity index (χ4v) is 3.80. The van der Waals surface area contributed by atoms with E-state index in [2.05, 4.69) is 44.7 Å². The molecule has 1 fully saturated rings. The van der Waals surface area contributed by atoms with Crippen LogP contribution in [-0.2, 0) is 20.9 Å². The van der Waals surface area contributed by atoms with E-state index in [-0.39, 0.29) is 12.3 Å². The van der Waals surface area contributed by atoms with Crippen molar-refractivity contribution in [2.75, 3.05) is 49.5 Å². The second kappa shape index (κ2) is 11.8. The quantitative estimate of drug-likeness (QED) is 0.458. The van der Waals surface area contributed by atoms with E-state index in [9.17, 15) is 14.4 Å². The van der Waals surface area contributed by atoms with Crippen LogP contribution in [0.15, 0.2) is 77.4 Å². The maximum atomic E-state index is 12.1. The lowest BCUT2D eigenvalue weighted by Gasteiger charge is -2.36. The van der Waals surface area contributed by atoms with Crippen molar-refractivity contribution >= 4 is 29.2 Å². The third kappa shape index (κ3) is 7.18. The number of hydrogen-bond donors (Lipinski definition) is 2. The van der Waals surface area contributed by atoms with Crippen molar-refractivity contribution in [2.45, 2.75) is 6.54 Å². The largest absolute Gasteiger partial charge is 0.459 e. The van der Waals surface area contributed by atoms with Crippen LogP contribution in [0.3, 0.4) is 0 Å². The normalized spacial score (nSPS) is 13.8. The van der Waals surface area contributed by atoms with E-state index in [4.69, 9.17) is 9.15 Å². The number of amides is 2. The van der Waals surface area contributed by atoms with Crippen molar-refractivity contribution in [2.24, 2.45) is 0 Å². The molecule has 2 N–H and O–H groups in total. The molecule has 9 nitrogen and oxygen atoms in total. The minimum Gasteiger partial charge on any atom is -0.459 e. The van der Waals surface area contributed by atoms with Gasteiger partial charge in [0.05, 0.1) is 6.26 Å². The molecule has 1 aromatic heterocycles. The third-order valence-corrected chi connectivity index (χ3v) is 5.64. The summed E-state index contributed by atoms with van der Waals surface area (Å²) < 4.78 is 9.84. The molecule has 182 valence electrons. The van der Waals surface area contributed by atoms with Crippen molar-refractivity contribution in [3.8, 4) is 0 Å². The summed E-state index contributed by atoms with van der Waals surface area (Å²) in [5.74, 6) is -1.62. The Morgan fingerprint density at radius 3 is 2.31 bits per heavy atom. The molecule has 2 aromatic carbocycles. The van der Waals surface area contributed by atoms with Crippen LogP contribution in [0, 0.1) is 0 Å². The summed E-state index contributed by atoms with van der Waals surface area (Å²) in [6, 6.07) is 21.1. The molecule has 3 aromatic rings. The molecule has 1 aliphatic rings. The molecule has 0 saturated carbocycles. The number of carbonyl (C=O) groups is 3. The number of nitrogens with one attached hydrogen (secondary N) is 2. The summed E-state index contributed by atoms with van der Waals surface area (Å²) in [6.45, 7) is 4.00. The molecule has 0 bridgehead atoms. The zero-order chi connectivity index (χ0) is 24.5. The summed E-state index contributed by atoms with van der Waals surface area (Å²) in [6.07, 6.45) is 1.36. The predicted octanol–water partition coefficient (Wildman–Crippen LogP) is 2.51. The highest BCUT2D eigenvalue weighted by molar-refractivity contribution is 5.95. The summed E-state index contributed by atoms with van der Waals surface area (Å²) >= 11 is 0. The maximum absolute atomic E-state index is 12.1. The summed E-state index contributed by atoms with van der Waals surface area (Å²) in [5, 5.41) is 5.07. The number of furan rings is 1. The van der Waals surface area contributed by atoms with Crippen LogP contribution in [0.25, 0.3) is 0 Å². The molecule has 0 unspecified atom stereocenters. The van der Waals surface area contributed by atoms with E-state index in [1.807, 2.05) is 30.3 Å². The smallest absolute Gasteiger partial charge is 0.325 e. The lowest BCUT2D eigenvalue weighted by Crippen LogP contribution is -2.45. The molecular weight excluding hydrogens is 448 g/mol. The van der Waals surface area contributed by atoms with Gasteiger partial charge < -0.3 is 24.7 Å². The Labute approximate surface area is 203 Å². The predicted molar refractivity (Wildman–Crippen MR) is 131 cm³/mol. The van der Waals surface area contributed by atoms with Crippen LogP contribution < -0.4 is 15.5 Å². The Balaban J connectivity index is 1.15. The number of carbonyl (C=O) groups excluding carboxylic acids is 3. The lowest BCUT2D eigenvalue weighted by molar-refractivity contribution is -0.146. The maximum Gasteiger partial charge on any atom is 0.325 e. The minimum absolute atomic E-state index is 0.0908. The molecule has 35 heavy (non-hydrogen) atoms. The molecule has 9 heteroatoms. The number of piperazine rings is 1. The van der Waals surface area contributed by atoms with Crippen molar-refractivity contribution in [3.63, 3.8) is 0 Å². The zero-order valence-corrected chi connectivity index (χ0v) is 19.3. The van der Waals surface area contributed by atoms with E-state index in [0.717, 1.165) is 38.4 Å². The van der Waals surface area contributed by atoms with Gasteiger partial charge in [0, 0.05) is 44.1 Å². The van der Waals surface area contributed by atoms with Gasteiger partial charge in [0.2, 0.25) is 0 Å². The van der Waals surface area contributed by atoms with E-state index < -0.39 is 24.4 Å². The molecule has 0 atom stereocenters. The Bertz CT molecular complexity index is 1110. The van der Waals surface area contributed by atoms with Crippen molar-refractivity contribution in [1.82, 2.24) is 10.2 Å². The number of nitrogens with zero attached hydrogens (tertiary/aromatic N) is 2. The van der Waals surface area contributed by atoms with Gasteiger partial charge in [0.1, 0.15) is 6.54 Å². The Hall–Kier alpha value is -4.11. The SMILES string of the molecule is O=C(COC(=O)CNC(=O)c1ccco1)Nc1ccc(N2CCN(Cc3ccccc3)CC2)cc1. The Morgan fingerprint density at radius 2 is 1.63 bits per heavy atom. The number of benzene rings is 2. The molecule has 2 amide bonds. The van der Waals surface area contributed by atoms with E-state index in [0.29, 0.717) is 5.69 Å². The first-order valence-electron chi connectivity index (χ1n) is 11.5. The fourth-order valence-electron chi connectivity index (χ4n) is 3.80. The topological polar surface area (TPSA) is 104 Å². The van der Waals surface area contributed by atoms with Gasteiger partial charge in [-0.3, -0.25) is 19.3 Å². The van der Waals surface area contributed by atoms with Crippen LogP contribution >= 0.6 is 0 Å². The van der Waals surface area contributed by atoms with Gasteiger partial charge in [-0.15, -0.1) is 0 Å². The fraction of sp³-hybridized carbons (Fsp3) is 0.269. The zero-order valence-electron chi connectivity index (χ0n) is 19.3. The van der Waals surface area contributed by atoms with Gasteiger partial charge in [0.25, 0.3) is 11.8 Å². The Kier molecular flexibility index (Phi) is 8.13. The molecule has 0 spiro atoms. The van der Waals surface area contributed by atoms with E-state index in [1.54, 1.807) is 6.07 Å².